The molecule has 4 fully saturated rings. The van der Waals surface area contributed by atoms with Gasteiger partial charge in [-0.3, -0.25) is 19.5 Å². The number of aldehydes is 1. The second-order valence-corrected chi connectivity index (χ2v) is 22.1. The van der Waals surface area contributed by atoms with E-state index in [2.05, 4.69) is 42.8 Å². The lowest BCUT2D eigenvalue weighted by Crippen LogP contribution is -2.50. The van der Waals surface area contributed by atoms with Gasteiger partial charge in [0.15, 0.2) is 0 Å². The number of fused-ring (bicyclic) bond motifs is 2. The van der Waals surface area contributed by atoms with Crippen molar-refractivity contribution in [3.05, 3.63) is 162 Å². The number of hydrogen-bond acceptors (Lipinski definition) is 7. The molecule has 0 atom stereocenters. The normalized spacial score (nSPS) is 18.2. The van der Waals surface area contributed by atoms with Crippen molar-refractivity contribution in [1.29, 1.82) is 0 Å². The van der Waals surface area contributed by atoms with Gasteiger partial charge in [-0.05, 0) is 168 Å². The van der Waals surface area contributed by atoms with E-state index in [0.717, 1.165) is 76.6 Å². The highest BCUT2D eigenvalue weighted by atomic mass is 35.5. The predicted molar refractivity (Wildman–Crippen MR) is 307 cm³/mol. The van der Waals surface area contributed by atoms with E-state index in [-0.39, 0.29) is 18.6 Å². The molecule has 0 bridgehead atoms. The third-order valence-electron chi connectivity index (χ3n) is 15.1. The molecule has 6 aliphatic rings. The van der Waals surface area contributed by atoms with Crippen molar-refractivity contribution in [1.82, 2.24) is 30.7 Å². The van der Waals surface area contributed by atoms with Crippen LogP contribution in [-0.4, -0.2) is 97.5 Å². The summed E-state index contributed by atoms with van der Waals surface area (Å²) in [7, 11) is 0. The predicted octanol–water partition coefficient (Wildman–Crippen LogP) is 14.3. The van der Waals surface area contributed by atoms with E-state index in [1.54, 1.807) is 59.5 Å². The standard InChI is InChI=1S/C29H29Cl3N4O.C21H13Cl3N2O2.C8H16N2/c30-24-6-2-1-5-21(24)22-15-19(18-34-13-9-20(10-14-34)35-11-4-12-35)16-27-23(22)17-33-29(37)36(27)28-25(31)7-3-8-26(28)32;22-16-5-2-1-4-13(16)14-8-12(11-27)9-19-15(14)10-25-21(28)26(19)20-17(23)6-3-7-18(20)24;1-6-10(7-1)8-2-4-9-5-3-8/h1-3,5-8,15-16,20H,4,9-14,17-18H2,(H,33,37);1-9,11H,10H2,(H,25,28);8-9H,1-7H2. The molecular formula is C58H58Cl6N8O3. The van der Waals surface area contributed by atoms with Gasteiger partial charge >= 0.3 is 12.1 Å². The number of anilines is 4. The van der Waals surface area contributed by atoms with E-state index >= 15 is 0 Å². The molecule has 0 radical (unpaired) electrons. The number of urea groups is 2. The highest BCUT2D eigenvalue weighted by molar-refractivity contribution is 6.41. The van der Waals surface area contributed by atoms with Crippen molar-refractivity contribution in [2.45, 2.75) is 70.2 Å². The lowest BCUT2D eigenvalue weighted by molar-refractivity contribution is 0.0612. The highest BCUT2D eigenvalue weighted by Crippen LogP contribution is 2.47. The number of nitrogens with one attached hydrogen (secondary N) is 3. The third-order valence-corrected chi connectivity index (χ3v) is 17.0. The highest BCUT2D eigenvalue weighted by Gasteiger charge is 2.34. The topological polar surface area (TPSA) is 104 Å². The number of likely N-dealkylation sites (tertiary alicyclic amines) is 3. The van der Waals surface area contributed by atoms with Crippen LogP contribution in [-0.2, 0) is 19.6 Å². The second kappa shape index (κ2) is 24.2. The first-order valence-electron chi connectivity index (χ1n) is 25.7. The fourth-order valence-electron chi connectivity index (χ4n) is 11.0. The fraction of sp³-hybridized carbons (Fsp3) is 0.328. The molecule has 12 rings (SSSR count). The Labute approximate surface area is 468 Å². The second-order valence-electron chi connectivity index (χ2n) is 19.7. The average Bonchev–Trinajstić information content (AvgIpc) is 3.38. The maximum atomic E-state index is 13.3. The zero-order valence-electron chi connectivity index (χ0n) is 41.4. The van der Waals surface area contributed by atoms with Crippen molar-refractivity contribution >= 4 is 111 Å². The summed E-state index contributed by atoms with van der Waals surface area (Å²) in [6.07, 6.45) is 8.65. The molecule has 6 aliphatic heterocycles. The summed E-state index contributed by atoms with van der Waals surface area (Å²) in [6, 6.07) is 34.3. The molecule has 0 unspecified atom stereocenters. The Morgan fingerprint density at radius 3 is 1.39 bits per heavy atom. The zero-order chi connectivity index (χ0) is 52.2. The quantitative estimate of drug-likeness (QED) is 0.124. The summed E-state index contributed by atoms with van der Waals surface area (Å²) in [5.41, 5.74) is 9.03. The first-order valence-corrected chi connectivity index (χ1v) is 28.0. The van der Waals surface area contributed by atoms with Crippen LogP contribution < -0.4 is 25.8 Å². The van der Waals surface area contributed by atoms with Gasteiger partial charge in [-0.15, -0.1) is 0 Å². The number of hydrogen-bond donors (Lipinski definition) is 3. The average molecular weight is 1130 g/mol. The van der Waals surface area contributed by atoms with Crippen molar-refractivity contribution in [3.8, 4) is 22.3 Å². The molecular weight excluding hydrogens is 1070 g/mol. The van der Waals surface area contributed by atoms with Gasteiger partial charge < -0.3 is 25.8 Å². The number of benzene rings is 6. The van der Waals surface area contributed by atoms with Crippen molar-refractivity contribution in [2.24, 2.45) is 0 Å². The van der Waals surface area contributed by atoms with E-state index in [1.165, 1.54) is 82.7 Å². The first-order chi connectivity index (χ1) is 36.5. The number of amides is 4. The number of piperidine rings is 2. The summed E-state index contributed by atoms with van der Waals surface area (Å²) >= 11 is 39.0. The Hall–Kier alpha value is -4.89. The molecule has 11 nitrogen and oxygen atoms in total. The van der Waals surface area contributed by atoms with E-state index in [9.17, 15) is 14.4 Å². The minimum Gasteiger partial charge on any atom is -0.333 e. The van der Waals surface area contributed by atoms with Gasteiger partial charge in [-0.2, -0.15) is 0 Å². The number of carbonyl (C=O) groups is 3. The number of para-hydroxylation sites is 2. The van der Waals surface area contributed by atoms with Crippen LogP contribution in [0.15, 0.2) is 109 Å². The maximum Gasteiger partial charge on any atom is 0.326 e. The van der Waals surface area contributed by atoms with Crippen LogP contribution in [0, 0.1) is 0 Å². The largest absolute Gasteiger partial charge is 0.333 e. The lowest BCUT2D eigenvalue weighted by Gasteiger charge is -2.43. The Morgan fingerprint density at radius 2 is 0.933 bits per heavy atom. The van der Waals surface area contributed by atoms with Crippen molar-refractivity contribution in [3.63, 3.8) is 0 Å². The molecule has 75 heavy (non-hydrogen) atoms. The van der Waals surface area contributed by atoms with Crippen molar-refractivity contribution < 1.29 is 14.4 Å². The van der Waals surface area contributed by atoms with Gasteiger partial charge in [0.05, 0.1) is 42.8 Å². The van der Waals surface area contributed by atoms with Crippen LogP contribution in [0.25, 0.3) is 22.3 Å². The van der Waals surface area contributed by atoms with Crippen LogP contribution in [0.5, 0.6) is 0 Å². The number of halogens is 6. The molecule has 6 aromatic rings. The molecule has 6 heterocycles. The Bertz CT molecular complexity index is 3040. The van der Waals surface area contributed by atoms with E-state index in [1.807, 2.05) is 42.5 Å². The van der Waals surface area contributed by atoms with Crippen LogP contribution >= 0.6 is 69.6 Å². The third kappa shape index (κ3) is 11.7. The molecule has 6 aromatic carbocycles. The minimum atomic E-state index is -0.379. The summed E-state index contributed by atoms with van der Waals surface area (Å²) < 4.78 is 0. The van der Waals surface area contributed by atoms with Gasteiger partial charge in [0.25, 0.3) is 0 Å². The van der Waals surface area contributed by atoms with E-state index in [0.29, 0.717) is 65.3 Å². The van der Waals surface area contributed by atoms with Gasteiger partial charge in [-0.25, -0.2) is 9.59 Å². The summed E-state index contributed by atoms with van der Waals surface area (Å²) in [5, 5.41) is 12.0. The van der Waals surface area contributed by atoms with Crippen LogP contribution in [0.2, 0.25) is 30.1 Å². The van der Waals surface area contributed by atoms with Crippen molar-refractivity contribution in [2.75, 3.05) is 62.2 Å². The van der Waals surface area contributed by atoms with Gasteiger partial charge in [0, 0.05) is 69.6 Å². The molecule has 0 aliphatic carbocycles. The van der Waals surface area contributed by atoms with Crippen LogP contribution in [0.4, 0.5) is 32.3 Å². The summed E-state index contributed by atoms with van der Waals surface area (Å²) in [5.74, 6) is 0. The maximum absolute atomic E-state index is 13.3. The molecule has 390 valence electrons. The first kappa shape index (κ1) is 53.5. The van der Waals surface area contributed by atoms with Crippen LogP contribution in [0.3, 0.4) is 0 Å². The Balaban J connectivity index is 0.000000148. The minimum absolute atomic E-state index is 0.250. The molecule has 0 aromatic heterocycles. The van der Waals surface area contributed by atoms with E-state index in [4.69, 9.17) is 69.6 Å². The van der Waals surface area contributed by atoms with Gasteiger partial charge in [-0.1, -0.05) is 118 Å². The molecule has 0 spiro atoms. The SMILES string of the molecule is C1CN(C2CCNCC2)C1.O=C1NCc2c(-c3ccccc3Cl)cc(CN3CCC(N4CCC4)CC3)cc2N1c1c(Cl)cccc1Cl.O=Cc1cc(-c2ccccc2Cl)c2c(c1)N(c1c(Cl)cccc1Cl)C(=O)NC2. The number of carbonyl (C=O) groups excluding carboxylic acids is 3. The Kier molecular flexibility index (Phi) is 17.3. The van der Waals surface area contributed by atoms with Gasteiger partial charge in [0.2, 0.25) is 0 Å². The summed E-state index contributed by atoms with van der Waals surface area (Å²) in [6.45, 7) is 11.3. The number of rotatable bonds is 9. The molecule has 17 heteroatoms. The van der Waals surface area contributed by atoms with Gasteiger partial charge in [0.1, 0.15) is 6.29 Å². The molecule has 3 N–H and O–H groups in total. The molecule has 4 amide bonds. The zero-order valence-corrected chi connectivity index (χ0v) is 45.9. The van der Waals surface area contributed by atoms with E-state index < -0.39 is 0 Å². The monoisotopic (exact) mass is 1120 g/mol. The Morgan fingerprint density at radius 1 is 0.493 bits per heavy atom. The molecule has 0 saturated carbocycles. The fourth-order valence-corrected chi connectivity index (χ4v) is 12.6. The number of nitrogens with zero attached hydrogens (tertiary/aromatic N) is 5. The smallest absolute Gasteiger partial charge is 0.326 e. The molecule has 4 saturated heterocycles. The lowest BCUT2D eigenvalue weighted by atomic mass is 9.93. The summed E-state index contributed by atoms with van der Waals surface area (Å²) in [4.78, 5) is 48.4. The van der Waals surface area contributed by atoms with Crippen LogP contribution in [0.1, 0.15) is 65.6 Å².